The first kappa shape index (κ1) is 30.5. The van der Waals surface area contributed by atoms with Gasteiger partial charge >= 0.3 is 0 Å². The Hall–Kier alpha value is -7.36. The normalized spacial score (nSPS) is 13.2. The molecule has 0 aliphatic carbocycles. The maximum Gasteiger partial charge on any atom is 0.200 e. The van der Waals surface area contributed by atoms with Crippen molar-refractivity contribution >= 4 is 22.7 Å². The SMILES string of the molecule is [C-]#[N+]c1cc(N2c3ccccc3C3(c4ccccc4Oc4ccccc43)c3ccccc32)ccc1-c1nc(-c2ccccc2)nc(-c2ccccc2)n1. The van der Waals surface area contributed by atoms with Gasteiger partial charge in [0.1, 0.15) is 11.5 Å². The third kappa shape index (κ3) is 4.68. The molecule has 7 aromatic carbocycles. The van der Waals surface area contributed by atoms with E-state index in [9.17, 15) is 0 Å². The van der Waals surface area contributed by atoms with Crippen molar-refractivity contribution in [3.05, 3.63) is 210 Å². The van der Waals surface area contributed by atoms with Gasteiger partial charge < -0.3 is 9.64 Å². The van der Waals surface area contributed by atoms with E-state index in [1.807, 2.05) is 84.9 Å². The Balaban J connectivity index is 1.18. The van der Waals surface area contributed by atoms with E-state index < -0.39 is 5.41 Å². The largest absolute Gasteiger partial charge is 0.457 e. The van der Waals surface area contributed by atoms with E-state index in [1.165, 1.54) is 0 Å². The van der Waals surface area contributed by atoms with Gasteiger partial charge in [-0.05, 0) is 47.5 Å². The van der Waals surface area contributed by atoms with Crippen molar-refractivity contribution < 1.29 is 4.74 Å². The molecule has 0 radical (unpaired) electrons. The molecule has 1 aromatic heterocycles. The van der Waals surface area contributed by atoms with Gasteiger partial charge in [0.2, 0.25) is 0 Å². The van der Waals surface area contributed by atoms with Gasteiger partial charge in [0.25, 0.3) is 0 Å². The maximum absolute atomic E-state index is 8.41. The lowest BCUT2D eigenvalue weighted by Crippen LogP contribution is -2.39. The first-order chi connectivity index (χ1) is 26.2. The van der Waals surface area contributed by atoms with Gasteiger partial charge in [0.15, 0.2) is 23.2 Å². The second-order valence-corrected chi connectivity index (χ2v) is 13.1. The minimum absolute atomic E-state index is 0.448. The van der Waals surface area contributed by atoms with Crippen LogP contribution in [0.25, 0.3) is 39.0 Å². The first-order valence-corrected chi connectivity index (χ1v) is 17.5. The zero-order valence-electron chi connectivity index (χ0n) is 28.4. The highest BCUT2D eigenvalue weighted by Gasteiger charge is 2.51. The fourth-order valence-electron chi connectivity index (χ4n) is 7.97. The van der Waals surface area contributed by atoms with Crippen LogP contribution in [0.2, 0.25) is 0 Å². The first-order valence-electron chi connectivity index (χ1n) is 17.5. The summed E-state index contributed by atoms with van der Waals surface area (Å²) in [6.45, 7) is 8.41. The Bertz CT molecular complexity index is 2590. The molecular weight excluding hydrogens is 651 g/mol. The number of fused-ring (bicyclic) bond motifs is 8. The second-order valence-electron chi connectivity index (χ2n) is 13.1. The molecule has 53 heavy (non-hydrogen) atoms. The molecule has 6 nitrogen and oxygen atoms in total. The summed E-state index contributed by atoms with van der Waals surface area (Å²) in [6.07, 6.45) is 0. The summed E-state index contributed by atoms with van der Waals surface area (Å²) in [5, 5.41) is 0. The molecule has 1 spiro atoms. The second kappa shape index (κ2) is 12.2. The van der Waals surface area contributed by atoms with E-state index in [0.717, 1.165) is 61.9 Å². The third-order valence-electron chi connectivity index (χ3n) is 10.2. The Kier molecular flexibility index (Phi) is 6.98. The third-order valence-corrected chi connectivity index (χ3v) is 10.2. The average Bonchev–Trinajstić information content (AvgIpc) is 3.24. The van der Waals surface area contributed by atoms with Gasteiger partial charge in [-0.3, -0.25) is 0 Å². The van der Waals surface area contributed by atoms with Crippen molar-refractivity contribution in [2.24, 2.45) is 0 Å². The van der Waals surface area contributed by atoms with Gasteiger partial charge in [0, 0.05) is 33.5 Å². The molecule has 248 valence electrons. The fraction of sp³-hybridized carbons (Fsp3) is 0.0213. The minimum Gasteiger partial charge on any atom is -0.457 e. The predicted octanol–water partition coefficient (Wildman–Crippen LogP) is 11.7. The summed E-state index contributed by atoms with van der Waals surface area (Å²) < 4.78 is 6.54. The molecule has 0 bridgehead atoms. The number of nitrogens with zero attached hydrogens (tertiary/aromatic N) is 5. The number of para-hydroxylation sites is 4. The molecule has 0 N–H and O–H groups in total. The molecule has 2 aliphatic heterocycles. The average molecular weight is 680 g/mol. The molecule has 8 aromatic rings. The molecule has 0 fully saturated rings. The number of hydrogen-bond acceptors (Lipinski definition) is 5. The van der Waals surface area contributed by atoms with Crippen LogP contribution >= 0.6 is 0 Å². The van der Waals surface area contributed by atoms with Crippen LogP contribution in [0.4, 0.5) is 22.7 Å². The van der Waals surface area contributed by atoms with Crippen LogP contribution in [-0.4, -0.2) is 15.0 Å². The van der Waals surface area contributed by atoms with Crippen LogP contribution in [0.3, 0.4) is 0 Å². The Labute approximate surface area is 307 Å². The van der Waals surface area contributed by atoms with Gasteiger partial charge in [-0.2, -0.15) is 0 Å². The molecule has 0 unspecified atom stereocenters. The van der Waals surface area contributed by atoms with Crippen molar-refractivity contribution in [2.45, 2.75) is 5.41 Å². The smallest absolute Gasteiger partial charge is 0.200 e. The van der Waals surface area contributed by atoms with Crippen LogP contribution in [0.1, 0.15) is 22.3 Å². The molecule has 0 amide bonds. The molecule has 3 heterocycles. The highest BCUT2D eigenvalue weighted by atomic mass is 16.5. The molecule has 0 saturated heterocycles. The van der Waals surface area contributed by atoms with Gasteiger partial charge in [-0.1, -0.05) is 140 Å². The van der Waals surface area contributed by atoms with Crippen LogP contribution in [0, 0.1) is 6.57 Å². The Morgan fingerprint density at radius 3 is 1.45 bits per heavy atom. The summed E-state index contributed by atoms with van der Waals surface area (Å²) in [7, 11) is 0. The summed E-state index contributed by atoms with van der Waals surface area (Å²) in [4.78, 5) is 21.1. The monoisotopic (exact) mass is 679 g/mol. The van der Waals surface area contributed by atoms with Crippen molar-refractivity contribution in [1.82, 2.24) is 15.0 Å². The summed E-state index contributed by atoms with van der Waals surface area (Å²) in [5.74, 6) is 3.23. The van der Waals surface area contributed by atoms with Crippen molar-refractivity contribution in [3.63, 3.8) is 0 Å². The van der Waals surface area contributed by atoms with Crippen LogP contribution in [0.15, 0.2) is 176 Å². The van der Waals surface area contributed by atoms with Crippen molar-refractivity contribution in [1.29, 1.82) is 0 Å². The Morgan fingerprint density at radius 2 is 0.925 bits per heavy atom. The highest BCUT2D eigenvalue weighted by molar-refractivity contribution is 5.92. The van der Waals surface area contributed by atoms with E-state index in [2.05, 4.69) is 101 Å². The lowest BCUT2D eigenvalue weighted by Gasteiger charge is -2.48. The van der Waals surface area contributed by atoms with E-state index >= 15 is 0 Å². The molecule has 0 atom stereocenters. The summed E-state index contributed by atoms with van der Waals surface area (Å²) >= 11 is 0. The van der Waals surface area contributed by atoms with Crippen LogP contribution < -0.4 is 9.64 Å². The van der Waals surface area contributed by atoms with E-state index in [0.29, 0.717) is 28.7 Å². The lowest BCUT2D eigenvalue weighted by atomic mass is 9.61. The van der Waals surface area contributed by atoms with Crippen LogP contribution in [-0.2, 0) is 5.41 Å². The number of hydrogen-bond donors (Lipinski definition) is 0. The summed E-state index contributed by atoms with van der Waals surface area (Å²) in [5.41, 5.74) is 9.57. The predicted molar refractivity (Wildman–Crippen MR) is 209 cm³/mol. The molecule has 6 heteroatoms. The molecule has 0 saturated carbocycles. The Morgan fingerprint density at radius 1 is 0.472 bits per heavy atom. The highest BCUT2D eigenvalue weighted by Crippen LogP contribution is 2.62. The zero-order valence-corrected chi connectivity index (χ0v) is 28.4. The minimum atomic E-state index is -0.635. The fourth-order valence-corrected chi connectivity index (χ4v) is 7.97. The van der Waals surface area contributed by atoms with Crippen LogP contribution in [0.5, 0.6) is 11.5 Å². The number of ether oxygens (including phenoxy) is 1. The van der Waals surface area contributed by atoms with Crippen molar-refractivity contribution in [2.75, 3.05) is 4.90 Å². The lowest BCUT2D eigenvalue weighted by molar-refractivity contribution is 0.434. The topological polar surface area (TPSA) is 55.5 Å². The number of rotatable bonds is 4. The standard InChI is InChI=1S/C47H29N5O/c1-48-39-30-33(28-29-34(39)46-50-44(31-16-4-2-5-17-31)49-45(51-46)32-18-6-3-7-19-32)52-40-24-12-8-20-35(40)47(36-21-9-13-25-41(36)52)37-22-10-14-26-42(37)53-43-27-15-11-23-38(43)47/h2-30H. The van der Waals surface area contributed by atoms with Gasteiger partial charge in [0.05, 0.1) is 23.4 Å². The molecule has 10 rings (SSSR count). The quantitative estimate of drug-likeness (QED) is 0.173. The molecular formula is C47H29N5O. The number of benzene rings is 7. The van der Waals surface area contributed by atoms with Gasteiger partial charge in [-0.25, -0.2) is 19.8 Å². The number of anilines is 3. The summed E-state index contributed by atoms with van der Waals surface area (Å²) in [6, 6.07) is 59.6. The number of aromatic nitrogens is 3. The zero-order chi connectivity index (χ0) is 35.4. The van der Waals surface area contributed by atoms with Gasteiger partial charge in [-0.15, -0.1) is 0 Å². The van der Waals surface area contributed by atoms with E-state index in [-0.39, 0.29) is 0 Å². The molecule has 2 aliphatic rings. The van der Waals surface area contributed by atoms with E-state index in [1.54, 1.807) is 0 Å². The maximum atomic E-state index is 8.41. The van der Waals surface area contributed by atoms with E-state index in [4.69, 9.17) is 26.3 Å². The van der Waals surface area contributed by atoms with Crippen molar-refractivity contribution in [3.8, 4) is 45.7 Å².